The Bertz CT molecular complexity index is 155. The van der Waals surface area contributed by atoms with Gasteiger partial charge in [-0.25, -0.2) is 4.79 Å². The maximum absolute atomic E-state index is 10.3. The van der Waals surface area contributed by atoms with E-state index < -0.39 is 17.8 Å². The normalized spacial score (nSPS) is 30.4. The van der Waals surface area contributed by atoms with Crippen LogP contribution in [0.4, 0.5) is 0 Å². The monoisotopic (exact) mass is 145 g/mol. The summed E-state index contributed by atoms with van der Waals surface area (Å²) in [6, 6.07) is 0. The molecule has 0 aromatic carbocycles. The minimum atomic E-state index is -0.905. The van der Waals surface area contributed by atoms with Gasteiger partial charge in [0.2, 0.25) is 0 Å². The van der Waals surface area contributed by atoms with Crippen LogP contribution in [0.15, 0.2) is 0 Å². The van der Waals surface area contributed by atoms with Crippen LogP contribution in [0.5, 0.6) is 0 Å². The van der Waals surface area contributed by atoms with Gasteiger partial charge in [-0.3, -0.25) is 5.32 Å². The molecule has 0 aromatic rings. The standard InChI is InChI=1S/C6H11NO3/c1-6(2)7-3-4(10-6)5(8)9/h4,7H,3H2,1-2H3,(H,8,9). The number of carboxylic acid groups (broad SMARTS) is 1. The highest BCUT2D eigenvalue weighted by Crippen LogP contribution is 2.14. The van der Waals surface area contributed by atoms with E-state index in [1.807, 2.05) is 0 Å². The van der Waals surface area contributed by atoms with E-state index in [-0.39, 0.29) is 0 Å². The van der Waals surface area contributed by atoms with Gasteiger partial charge in [0, 0.05) is 6.54 Å². The van der Waals surface area contributed by atoms with E-state index in [4.69, 9.17) is 9.84 Å². The first kappa shape index (κ1) is 7.50. The summed E-state index contributed by atoms with van der Waals surface area (Å²) in [6.07, 6.45) is -0.685. The number of aliphatic carboxylic acids is 1. The van der Waals surface area contributed by atoms with Crippen molar-refractivity contribution in [2.24, 2.45) is 0 Å². The summed E-state index contributed by atoms with van der Waals surface area (Å²) in [6.45, 7) is 3.99. The van der Waals surface area contributed by atoms with Gasteiger partial charge in [0.05, 0.1) is 0 Å². The lowest BCUT2D eigenvalue weighted by Gasteiger charge is -2.16. The molecule has 1 fully saturated rings. The predicted octanol–water partition coefficient (Wildman–Crippen LogP) is -0.205. The third-order valence-electron chi connectivity index (χ3n) is 1.43. The molecule has 2 N–H and O–H groups in total. The fourth-order valence-electron chi connectivity index (χ4n) is 0.915. The fourth-order valence-corrected chi connectivity index (χ4v) is 0.915. The lowest BCUT2D eigenvalue weighted by molar-refractivity contribution is -0.152. The van der Waals surface area contributed by atoms with E-state index in [1.54, 1.807) is 13.8 Å². The molecule has 0 aromatic heterocycles. The van der Waals surface area contributed by atoms with Gasteiger partial charge in [-0.2, -0.15) is 0 Å². The first-order valence-corrected chi connectivity index (χ1v) is 3.17. The van der Waals surface area contributed by atoms with Crippen LogP contribution in [0.3, 0.4) is 0 Å². The van der Waals surface area contributed by atoms with Crippen molar-refractivity contribution in [1.82, 2.24) is 5.32 Å². The van der Waals surface area contributed by atoms with Crippen LogP contribution in [0.2, 0.25) is 0 Å². The molecule has 1 atom stereocenters. The first-order valence-electron chi connectivity index (χ1n) is 3.17. The predicted molar refractivity (Wildman–Crippen MR) is 34.6 cm³/mol. The second kappa shape index (κ2) is 2.21. The minimum absolute atomic E-state index is 0.391. The molecule has 0 amide bonds. The molecule has 1 saturated heterocycles. The van der Waals surface area contributed by atoms with Gasteiger partial charge in [0.25, 0.3) is 0 Å². The van der Waals surface area contributed by atoms with E-state index in [2.05, 4.69) is 5.32 Å². The third-order valence-corrected chi connectivity index (χ3v) is 1.43. The largest absolute Gasteiger partial charge is 0.479 e. The molecule has 0 bridgehead atoms. The molecule has 0 aliphatic carbocycles. The number of hydrogen-bond acceptors (Lipinski definition) is 3. The lowest BCUT2D eigenvalue weighted by Crippen LogP contribution is -2.33. The highest BCUT2D eigenvalue weighted by molar-refractivity contribution is 5.73. The van der Waals surface area contributed by atoms with Gasteiger partial charge in [-0.1, -0.05) is 0 Å². The van der Waals surface area contributed by atoms with Gasteiger partial charge >= 0.3 is 5.97 Å². The zero-order valence-corrected chi connectivity index (χ0v) is 6.05. The van der Waals surface area contributed by atoms with E-state index in [1.165, 1.54) is 0 Å². The van der Waals surface area contributed by atoms with E-state index >= 15 is 0 Å². The number of rotatable bonds is 1. The molecule has 1 rings (SSSR count). The summed E-state index contributed by atoms with van der Waals surface area (Å²) in [7, 11) is 0. The van der Waals surface area contributed by atoms with Crippen LogP contribution < -0.4 is 5.32 Å². The molecule has 1 unspecified atom stereocenters. The van der Waals surface area contributed by atoms with Crippen molar-refractivity contribution in [3.05, 3.63) is 0 Å². The average molecular weight is 145 g/mol. The van der Waals surface area contributed by atoms with Crippen LogP contribution in [0.1, 0.15) is 13.8 Å². The van der Waals surface area contributed by atoms with Crippen molar-refractivity contribution in [2.45, 2.75) is 25.7 Å². The molecule has 10 heavy (non-hydrogen) atoms. The topological polar surface area (TPSA) is 58.6 Å². The van der Waals surface area contributed by atoms with Gasteiger partial charge in [-0.05, 0) is 13.8 Å². The van der Waals surface area contributed by atoms with Crippen LogP contribution in [-0.4, -0.2) is 29.4 Å². The fraction of sp³-hybridized carbons (Fsp3) is 0.833. The summed E-state index contributed by atoms with van der Waals surface area (Å²) in [4.78, 5) is 10.3. The van der Waals surface area contributed by atoms with Crippen LogP contribution in [0, 0.1) is 0 Å². The maximum Gasteiger partial charge on any atom is 0.334 e. The van der Waals surface area contributed by atoms with Gasteiger partial charge in [-0.15, -0.1) is 0 Å². The Morgan fingerprint density at radius 2 is 2.40 bits per heavy atom. The number of ether oxygens (including phenoxy) is 1. The Hall–Kier alpha value is -0.610. The summed E-state index contributed by atoms with van der Waals surface area (Å²) in [5, 5.41) is 11.4. The van der Waals surface area contributed by atoms with Crippen molar-refractivity contribution >= 4 is 5.97 Å². The quantitative estimate of drug-likeness (QED) is 0.536. The molecule has 58 valence electrons. The molecule has 1 aliphatic heterocycles. The van der Waals surface area contributed by atoms with Crippen LogP contribution >= 0.6 is 0 Å². The van der Waals surface area contributed by atoms with Crippen molar-refractivity contribution < 1.29 is 14.6 Å². The smallest absolute Gasteiger partial charge is 0.334 e. The molecule has 4 heteroatoms. The molecular weight excluding hydrogens is 134 g/mol. The lowest BCUT2D eigenvalue weighted by atomic mass is 10.3. The first-order chi connectivity index (χ1) is 4.51. The van der Waals surface area contributed by atoms with Crippen LogP contribution in [-0.2, 0) is 9.53 Å². The SMILES string of the molecule is CC1(C)NCC(C(=O)O)O1. The number of nitrogens with one attached hydrogen (secondary N) is 1. The zero-order valence-electron chi connectivity index (χ0n) is 6.05. The number of carbonyl (C=O) groups is 1. The number of hydrogen-bond donors (Lipinski definition) is 2. The summed E-state index contributed by atoms with van der Waals surface area (Å²) >= 11 is 0. The third kappa shape index (κ3) is 1.46. The van der Waals surface area contributed by atoms with Gasteiger partial charge < -0.3 is 9.84 Å². The Morgan fingerprint density at radius 1 is 1.80 bits per heavy atom. The van der Waals surface area contributed by atoms with Crippen LogP contribution in [0.25, 0.3) is 0 Å². The average Bonchev–Trinajstić information content (AvgIpc) is 2.10. The second-order valence-electron chi connectivity index (χ2n) is 2.84. The zero-order chi connectivity index (χ0) is 7.78. The summed E-state index contributed by atoms with van der Waals surface area (Å²) < 4.78 is 5.10. The Morgan fingerprint density at radius 3 is 2.60 bits per heavy atom. The Balaban J connectivity index is 2.51. The molecule has 0 spiro atoms. The number of carboxylic acids is 1. The highest BCUT2D eigenvalue weighted by atomic mass is 16.6. The summed E-state index contributed by atoms with van der Waals surface area (Å²) in [5.41, 5.74) is -0.483. The van der Waals surface area contributed by atoms with Gasteiger partial charge in [0.1, 0.15) is 5.72 Å². The molecular formula is C6H11NO3. The van der Waals surface area contributed by atoms with E-state index in [0.717, 1.165) is 0 Å². The van der Waals surface area contributed by atoms with E-state index in [0.29, 0.717) is 6.54 Å². The Labute approximate surface area is 59.2 Å². The minimum Gasteiger partial charge on any atom is -0.479 e. The molecule has 4 nitrogen and oxygen atoms in total. The summed E-state index contributed by atoms with van der Waals surface area (Å²) in [5.74, 6) is -0.905. The van der Waals surface area contributed by atoms with Gasteiger partial charge in [0.15, 0.2) is 6.10 Å². The molecule has 1 heterocycles. The highest BCUT2D eigenvalue weighted by Gasteiger charge is 2.34. The van der Waals surface area contributed by atoms with Crippen molar-refractivity contribution in [1.29, 1.82) is 0 Å². The Kier molecular flexibility index (Phi) is 1.66. The van der Waals surface area contributed by atoms with Crippen molar-refractivity contribution in [3.8, 4) is 0 Å². The van der Waals surface area contributed by atoms with Crippen molar-refractivity contribution in [2.75, 3.05) is 6.54 Å². The molecule has 1 aliphatic rings. The van der Waals surface area contributed by atoms with Crippen molar-refractivity contribution in [3.63, 3.8) is 0 Å². The molecule has 0 saturated carbocycles. The molecule has 0 radical (unpaired) electrons. The van der Waals surface area contributed by atoms with E-state index in [9.17, 15) is 4.79 Å². The maximum atomic E-state index is 10.3. The second-order valence-corrected chi connectivity index (χ2v) is 2.84.